The minimum absolute atomic E-state index is 0.368. The predicted octanol–water partition coefficient (Wildman–Crippen LogP) is 0.658. The van der Waals surface area contributed by atoms with E-state index >= 15 is 0 Å². The lowest BCUT2D eigenvalue weighted by Crippen LogP contribution is -2.51. The van der Waals surface area contributed by atoms with Crippen LogP contribution in [0.3, 0.4) is 0 Å². The summed E-state index contributed by atoms with van der Waals surface area (Å²) in [5, 5.41) is 12.2. The van der Waals surface area contributed by atoms with Crippen molar-refractivity contribution in [3.8, 4) is 6.07 Å². The summed E-state index contributed by atoms with van der Waals surface area (Å²) in [7, 11) is 1.87. The van der Waals surface area contributed by atoms with E-state index in [0.717, 1.165) is 19.0 Å². The molecule has 0 aromatic heterocycles. The maximum absolute atomic E-state index is 9.13. The molecule has 17 heavy (non-hydrogen) atoms. The molecule has 2 heterocycles. The molecule has 2 unspecified atom stereocenters. The molecule has 2 aliphatic heterocycles. The number of nitriles is 1. The molecule has 2 aliphatic rings. The van der Waals surface area contributed by atoms with E-state index in [-0.39, 0.29) is 5.54 Å². The third-order valence-corrected chi connectivity index (χ3v) is 4.40. The SMILES string of the molecule is CNC(C)(C#N)CCN1CCN2CCCC2C1. The summed E-state index contributed by atoms with van der Waals surface area (Å²) in [5.74, 6) is 0. The van der Waals surface area contributed by atoms with Gasteiger partial charge in [-0.25, -0.2) is 0 Å². The van der Waals surface area contributed by atoms with Crippen molar-refractivity contribution in [3.63, 3.8) is 0 Å². The van der Waals surface area contributed by atoms with E-state index in [1.165, 1.54) is 39.0 Å². The summed E-state index contributed by atoms with van der Waals surface area (Å²) < 4.78 is 0. The largest absolute Gasteiger partial charge is 0.303 e. The summed E-state index contributed by atoms with van der Waals surface area (Å²) in [4.78, 5) is 5.15. The zero-order valence-corrected chi connectivity index (χ0v) is 11.1. The lowest BCUT2D eigenvalue weighted by molar-refractivity contribution is 0.0994. The normalized spacial score (nSPS) is 29.6. The Morgan fingerprint density at radius 1 is 1.41 bits per heavy atom. The molecule has 0 spiro atoms. The quantitative estimate of drug-likeness (QED) is 0.778. The molecule has 0 amide bonds. The van der Waals surface area contributed by atoms with Crippen LogP contribution in [0.25, 0.3) is 0 Å². The number of nitrogens with one attached hydrogen (secondary N) is 1. The smallest absolute Gasteiger partial charge is 0.104 e. The van der Waals surface area contributed by atoms with Crippen LogP contribution in [0, 0.1) is 11.3 Å². The third kappa shape index (κ3) is 2.98. The zero-order valence-electron chi connectivity index (χ0n) is 11.1. The first-order chi connectivity index (χ1) is 8.17. The highest BCUT2D eigenvalue weighted by Crippen LogP contribution is 2.22. The van der Waals surface area contributed by atoms with Gasteiger partial charge >= 0.3 is 0 Å². The molecule has 1 N–H and O–H groups in total. The molecule has 0 bridgehead atoms. The lowest BCUT2D eigenvalue weighted by Gasteiger charge is -2.38. The van der Waals surface area contributed by atoms with Crippen molar-refractivity contribution in [2.75, 3.05) is 39.8 Å². The lowest BCUT2D eigenvalue weighted by atomic mass is 9.99. The van der Waals surface area contributed by atoms with Crippen LogP contribution in [0.4, 0.5) is 0 Å². The average molecular weight is 236 g/mol. The zero-order chi connectivity index (χ0) is 12.3. The van der Waals surface area contributed by atoms with E-state index in [0.29, 0.717) is 0 Å². The van der Waals surface area contributed by atoms with Gasteiger partial charge in [-0.1, -0.05) is 0 Å². The van der Waals surface area contributed by atoms with Gasteiger partial charge in [-0.2, -0.15) is 5.26 Å². The Balaban J connectivity index is 1.79. The summed E-state index contributed by atoms with van der Waals surface area (Å²) in [6.45, 7) is 7.90. The Morgan fingerprint density at radius 3 is 2.94 bits per heavy atom. The molecular formula is C13H24N4. The van der Waals surface area contributed by atoms with E-state index in [4.69, 9.17) is 5.26 Å². The van der Waals surface area contributed by atoms with Crippen LogP contribution >= 0.6 is 0 Å². The van der Waals surface area contributed by atoms with Gasteiger partial charge in [0, 0.05) is 32.2 Å². The maximum Gasteiger partial charge on any atom is 0.104 e. The van der Waals surface area contributed by atoms with Crippen LogP contribution in [0.15, 0.2) is 0 Å². The second-order valence-electron chi connectivity index (χ2n) is 5.58. The fourth-order valence-corrected chi connectivity index (χ4v) is 2.88. The van der Waals surface area contributed by atoms with Crippen molar-refractivity contribution >= 4 is 0 Å². The van der Waals surface area contributed by atoms with Crippen LogP contribution < -0.4 is 5.32 Å². The first kappa shape index (κ1) is 12.8. The van der Waals surface area contributed by atoms with E-state index in [2.05, 4.69) is 21.2 Å². The van der Waals surface area contributed by atoms with Gasteiger partial charge in [-0.05, 0) is 39.8 Å². The molecular weight excluding hydrogens is 212 g/mol. The van der Waals surface area contributed by atoms with Gasteiger partial charge in [0.25, 0.3) is 0 Å². The molecule has 0 aromatic carbocycles. The molecule has 96 valence electrons. The van der Waals surface area contributed by atoms with E-state index in [9.17, 15) is 0 Å². The predicted molar refractivity (Wildman–Crippen MR) is 68.7 cm³/mol. The van der Waals surface area contributed by atoms with Crippen molar-refractivity contribution in [3.05, 3.63) is 0 Å². The van der Waals surface area contributed by atoms with Crippen LogP contribution in [-0.4, -0.2) is 61.2 Å². The number of rotatable bonds is 4. The second-order valence-corrected chi connectivity index (χ2v) is 5.58. The summed E-state index contributed by atoms with van der Waals surface area (Å²) in [6.07, 6.45) is 3.63. The highest BCUT2D eigenvalue weighted by molar-refractivity contribution is 5.03. The van der Waals surface area contributed by atoms with Gasteiger partial charge in [-0.3, -0.25) is 4.90 Å². The highest BCUT2D eigenvalue weighted by atomic mass is 15.3. The minimum Gasteiger partial charge on any atom is -0.303 e. The van der Waals surface area contributed by atoms with Gasteiger partial charge in [0.1, 0.15) is 5.54 Å². The van der Waals surface area contributed by atoms with E-state index in [1.54, 1.807) is 0 Å². The molecule has 0 aliphatic carbocycles. The van der Waals surface area contributed by atoms with Crippen molar-refractivity contribution in [2.45, 2.75) is 37.8 Å². The average Bonchev–Trinajstić information content (AvgIpc) is 2.83. The van der Waals surface area contributed by atoms with Crippen LogP contribution in [0.2, 0.25) is 0 Å². The number of hydrogen-bond acceptors (Lipinski definition) is 4. The number of nitrogens with zero attached hydrogens (tertiary/aromatic N) is 3. The topological polar surface area (TPSA) is 42.3 Å². The molecule has 0 saturated carbocycles. The van der Waals surface area contributed by atoms with Crippen molar-refractivity contribution < 1.29 is 0 Å². The van der Waals surface area contributed by atoms with Crippen LogP contribution in [0.5, 0.6) is 0 Å². The van der Waals surface area contributed by atoms with E-state index in [1.807, 2.05) is 14.0 Å². The Kier molecular flexibility index (Phi) is 4.03. The third-order valence-electron chi connectivity index (χ3n) is 4.40. The number of hydrogen-bond donors (Lipinski definition) is 1. The van der Waals surface area contributed by atoms with Crippen LogP contribution in [0.1, 0.15) is 26.2 Å². The summed E-state index contributed by atoms with van der Waals surface area (Å²) in [6, 6.07) is 3.15. The molecule has 0 radical (unpaired) electrons. The molecule has 2 saturated heterocycles. The highest BCUT2D eigenvalue weighted by Gasteiger charge is 2.31. The molecule has 2 rings (SSSR count). The minimum atomic E-state index is -0.368. The van der Waals surface area contributed by atoms with Gasteiger partial charge in [0.05, 0.1) is 6.07 Å². The molecule has 0 aromatic rings. The summed E-state index contributed by atoms with van der Waals surface area (Å²) >= 11 is 0. The molecule has 2 fully saturated rings. The Hall–Kier alpha value is -0.630. The van der Waals surface area contributed by atoms with E-state index < -0.39 is 0 Å². The van der Waals surface area contributed by atoms with Crippen molar-refractivity contribution in [1.82, 2.24) is 15.1 Å². The first-order valence-corrected chi connectivity index (χ1v) is 6.73. The van der Waals surface area contributed by atoms with Crippen molar-refractivity contribution in [1.29, 1.82) is 5.26 Å². The maximum atomic E-state index is 9.13. The second kappa shape index (κ2) is 5.34. The number of piperazine rings is 1. The van der Waals surface area contributed by atoms with Gasteiger partial charge < -0.3 is 10.2 Å². The standard InChI is InChI=1S/C13H24N4/c1-13(11-14,15-2)5-7-16-8-9-17-6-3-4-12(17)10-16/h12,15H,3-10H2,1-2H3. The number of fused-ring (bicyclic) bond motifs is 1. The Bertz CT molecular complexity index is 298. The fourth-order valence-electron chi connectivity index (χ4n) is 2.88. The van der Waals surface area contributed by atoms with Gasteiger partial charge in [0.2, 0.25) is 0 Å². The Morgan fingerprint density at radius 2 is 2.24 bits per heavy atom. The monoisotopic (exact) mass is 236 g/mol. The molecule has 2 atom stereocenters. The Labute approximate surface area is 105 Å². The van der Waals surface area contributed by atoms with Gasteiger partial charge in [-0.15, -0.1) is 0 Å². The van der Waals surface area contributed by atoms with Gasteiger partial charge in [0.15, 0.2) is 0 Å². The fraction of sp³-hybridized carbons (Fsp3) is 0.923. The molecule has 4 heteroatoms. The summed E-state index contributed by atoms with van der Waals surface area (Å²) in [5.41, 5.74) is -0.368. The van der Waals surface area contributed by atoms with Crippen molar-refractivity contribution in [2.24, 2.45) is 0 Å². The first-order valence-electron chi connectivity index (χ1n) is 6.73. The van der Waals surface area contributed by atoms with Crippen LogP contribution in [-0.2, 0) is 0 Å². The molecule has 4 nitrogen and oxygen atoms in total.